The van der Waals surface area contributed by atoms with E-state index in [1.54, 1.807) is 0 Å². The van der Waals surface area contributed by atoms with E-state index in [9.17, 15) is 4.79 Å². The van der Waals surface area contributed by atoms with Gasteiger partial charge in [-0.15, -0.1) is 0 Å². The fourth-order valence-corrected chi connectivity index (χ4v) is 5.50. The summed E-state index contributed by atoms with van der Waals surface area (Å²) in [7, 11) is -1.67. The van der Waals surface area contributed by atoms with Crippen molar-refractivity contribution >= 4 is 13.9 Å². The zero-order valence-corrected chi connectivity index (χ0v) is 13.0. The lowest BCUT2D eigenvalue weighted by Crippen LogP contribution is -2.36. The highest BCUT2D eigenvalue weighted by molar-refractivity contribution is 6.87. The van der Waals surface area contributed by atoms with Gasteiger partial charge in [-0.1, -0.05) is 68.9 Å². The second-order valence-electron chi connectivity index (χ2n) is 5.35. The topological polar surface area (TPSA) is 17.1 Å². The normalized spacial score (nSPS) is 12.6. The summed E-state index contributed by atoms with van der Waals surface area (Å²) in [5, 5.41) is 1.12. The van der Waals surface area contributed by atoms with Gasteiger partial charge in [-0.25, -0.2) is 0 Å². The SMILES string of the molecule is CC/C=C(/C(=O)CC)[Si](C)(C)Cc1ccccc1. The van der Waals surface area contributed by atoms with Crippen molar-refractivity contribution in [1.82, 2.24) is 0 Å². The Morgan fingerprint density at radius 2 is 1.78 bits per heavy atom. The largest absolute Gasteiger partial charge is 0.295 e. The summed E-state index contributed by atoms with van der Waals surface area (Å²) < 4.78 is 0. The van der Waals surface area contributed by atoms with Crippen molar-refractivity contribution in [1.29, 1.82) is 0 Å². The van der Waals surface area contributed by atoms with Gasteiger partial charge in [-0.05, 0) is 17.7 Å². The highest BCUT2D eigenvalue weighted by Crippen LogP contribution is 2.22. The van der Waals surface area contributed by atoms with Crippen LogP contribution in [-0.2, 0) is 10.8 Å². The van der Waals surface area contributed by atoms with Crippen molar-refractivity contribution in [3.05, 3.63) is 47.2 Å². The molecule has 1 rings (SSSR count). The molecule has 0 aliphatic carbocycles. The van der Waals surface area contributed by atoms with Crippen LogP contribution < -0.4 is 0 Å². The van der Waals surface area contributed by atoms with Gasteiger partial charge in [0.1, 0.15) is 0 Å². The Hall–Kier alpha value is -1.15. The first-order chi connectivity index (χ1) is 8.51. The molecule has 0 saturated carbocycles. The molecular weight excluding hydrogens is 236 g/mol. The summed E-state index contributed by atoms with van der Waals surface area (Å²) in [4.78, 5) is 12.1. The molecule has 98 valence electrons. The highest BCUT2D eigenvalue weighted by Gasteiger charge is 2.29. The number of hydrogen-bond donors (Lipinski definition) is 0. The van der Waals surface area contributed by atoms with Gasteiger partial charge in [0, 0.05) is 6.42 Å². The van der Waals surface area contributed by atoms with Gasteiger partial charge in [0.2, 0.25) is 0 Å². The number of allylic oxidation sites excluding steroid dienone is 2. The molecule has 0 fully saturated rings. The molecule has 0 atom stereocenters. The van der Waals surface area contributed by atoms with Crippen molar-refractivity contribution in [2.24, 2.45) is 0 Å². The number of Topliss-reactive ketones (excluding diaryl/α,β-unsaturated/α-hetero) is 1. The minimum absolute atomic E-state index is 0.337. The fourth-order valence-electron chi connectivity index (χ4n) is 2.36. The molecule has 0 aliphatic heterocycles. The second-order valence-corrected chi connectivity index (χ2v) is 10.0. The average molecular weight is 260 g/mol. The van der Waals surface area contributed by atoms with Gasteiger partial charge in [0.15, 0.2) is 5.78 Å². The zero-order chi connectivity index (χ0) is 13.6. The van der Waals surface area contributed by atoms with Crippen molar-refractivity contribution in [3.8, 4) is 0 Å². The number of hydrogen-bond acceptors (Lipinski definition) is 1. The molecule has 2 heteroatoms. The maximum Gasteiger partial charge on any atom is 0.154 e. The van der Waals surface area contributed by atoms with Crippen LogP contribution in [0, 0.1) is 0 Å². The third-order valence-corrected chi connectivity index (χ3v) is 6.48. The Bertz CT molecular complexity index is 418. The monoisotopic (exact) mass is 260 g/mol. The van der Waals surface area contributed by atoms with Crippen LogP contribution >= 0.6 is 0 Å². The van der Waals surface area contributed by atoms with Crippen LogP contribution in [0.5, 0.6) is 0 Å². The zero-order valence-electron chi connectivity index (χ0n) is 12.0. The van der Waals surface area contributed by atoms with Gasteiger partial charge in [0.25, 0.3) is 0 Å². The average Bonchev–Trinajstić information content (AvgIpc) is 2.35. The first-order valence-electron chi connectivity index (χ1n) is 6.79. The smallest absolute Gasteiger partial charge is 0.154 e. The number of carbonyl (C=O) groups is 1. The van der Waals surface area contributed by atoms with Gasteiger partial charge < -0.3 is 0 Å². The van der Waals surface area contributed by atoms with Crippen molar-refractivity contribution < 1.29 is 4.79 Å². The number of benzene rings is 1. The Balaban J connectivity index is 2.96. The molecule has 0 amide bonds. The minimum atomic E-state index is -1.67. The summed E-state index contributed by atoms with van der Waals surface area (Å²) in [6.45, 7) is 8.67. The number of ketones is 1. The minimum Gasteiger partial charge on any atom is -0.295 e. The van der Waals surface area contributed by atoms with Crippen LogP contribution in [0.25, 0.3) is 0 Å². The molecule has 0 N–H and O–H groups in total. The van der Waals surface area contributed by atoms with E-state index in [0.717, 1.165) is 17.7 Å². The number of rotatable bonds is 6. The van der Waals surface area contributed by atoms with Crippen LogP contribution in [0.3, 0.4) is 0 Å². The second kappa shape index (κ2) is 6.69. The summed E-state index contributed by atoms with van der Waals surface area (Å²) >= 11 is 0. The van der Waals surface area contributed by atoms with E-state index >= 15 is 0 Å². The molecular formula is C16H24OSi. The molecule has 0 bridgehead atoms. The van der Waals surface area contributed by atoms with Crippen molar-refractivity contribution in [3.63, 3.8) is 0 Å². The molecule has 0 saturated heterocycles. The molecule has 18 heavy (non-hydrogen) atoms. The van der Waals surface area contributed by atoms with Crippen LogP contribution in [-0.4, -0.2) is 13.9 Å². The van der Waals surface area contributed by atoms with E-state index in [-0.39, 0.29) is 0 Å². The summed E-state index contributed by atoms with van der Waals surface area (Å²) in [6.07, 6.45) is 3.73. The Labute approximate surface area is 112 Å². The number of carbonyl (C=O) groups excluding carboxylic acids is 1. The molecule has 0 radical (unpaired) electrons. The third-order valence-electron chi connectivity index (χ3n) is 3.25. The predicted octanol–water partition coefficient (Wildman–Crippen LogP) is 4.33. The predicted molar refractivity (Wildman–Crippen MR) is 81.3 cm³/mol. The highest BCUT2D eigenvalue weighted by atomic mass is 28.3. The van der Waals surface area contributed by atoms with E-state index in [2.05, 4.69) is 50.4 Å². The van der Waals surface area contributed by atoms with Gasteiger partial charge >= 0.3 is 0 Å². The third kappa shape index (κ3) is 3.95. The first-order valence-corrected chi connectivity index (χ1v) is 9.99. The Morgan fingerprint density at radius 3 is 2.28 bits per heavy atom. The molecule has 0 aliphatic rings. The summed E-state index contributed by atoms with van der Waals surface area (Å²) in [5.41, 5.74) is 1.35. The van der Waals surface area contributed by atoms with Crippen molar-refractivity contribution in [2.45, 2.75) is 45.8 Å². The lowest BCUT2D eigenvalue weighted by Gasteiger charge is -2.25. The molecule has 0 aromatic heterocycles. The standard InChI is InChI=1S/C16H24OSi/c1-5-10-16(15(17)6-2)18(3,4)13-14-11-8-7-9-12-14/h7-12H,5-6,13H2,1-4H3/b16-10-. The maximum atomic E-state index is 12.1. The van der Waals surface area contributed by atoms with E-state index in [1.165, 1.54) is 5.56 Å². The summed E-state index contributed by atoms with van der Waals surface area (Å²) in [5.74, 6) is 0.337. The quantitative estimate of drug-likeness (QED) is 0.549. The fraction of sp³-hybridized carbons (Fsp3) is 0.438. The Morgan fingerprint density at radius 1 is 1.17 bits per heavy atom. The van der Waals surface area contributed by atoms with Gasteiger partial charge in [-0.3, -0.25) is 4.79 Å². The van der Waals surface area contributed by atoms with Crippen molar-refractivity contribution in [2.75, 3.05) is 0 Å². The lowest BCUT2D eigenvalue weighted by molar-refractivity contribution is -0.114. The Kier molecular flexibility index (Phi) is 5.54. The molecule has 0 heterocycles. The maximum absolute atomic E-state index is 12.1. The first kappa shape index (κ1) is 14.9. The van der Waals surface area contributed by atoms with Crippen LogP contribution in [0.1, 0.15) is 32.3 Å². The molecule has 0 spiro atoms. The molecule has 1 aromatic carbocycles. The van der Waals surface area contributed by atoms with E-state index in [1.807, 2.05) is 13.0 Å². The van der Waals surface area contributed by atoms with Crippen LogP contribution in [0.4, 0.5) is 0 Å². The molecule has 1 aromatic rings. The van der Waals surface area contributed by atoms with E-state index < -0.39 is 8.07 Å². The van der Waals surface area contributed by atoms with E-state index in [4.69, 9.17) is 0 Å². The van der Waals surface area contributed by atoms with Crippen LogP contribution in [0.2, 0.25) is 13.1 Å². The van der Waals surface area contributed by atoms with Gasteiger partial charge in [-0.2, -0.15) is 0 Å². The van der Waals surface area contributed by atoms with Gasteiger partial charge in [0.05, 0.1) is 8.07 Å². The molecule has 1 nitrogen and oxygen atoms in total. The summed E-state index contributed by atoms with van der Waals surface area (Å²) in [6, 6.07) is 11.6. The molecule has 0 unspecified atom stereocenters. The lowest BCUT2D eigenvalue weighted by atomic mass is 10.2. The van der Waals surface area contributed by atoms with E-state index in [0.29, 0.717) is 12.2 Å². The van der Waals surface area contributed by atoms with Crippen LogP contribution in [0.15, 0.2) is 41.6 Å².